The third-order valence-corrected chi connectivity index (χ3v) is 3.80. The zero-order chi connectivity index (χ0) is 12.3. The van der Waals surface area contributed by atoms with Crippen molar-refractivity contribution in [2.24, 2.45) is 0 Å². The van der Waals surface area contributed by atoms with Gasteiger partial charge in [-0.05, 0) is 19.4 Å². The first-order valence-electron chi connectivity index (χ1n) is 5.93. The van der Waals surface area contributed by atoms with Crippen molar-refractivity contribution in [3.8, 4) is 0 Å². The number of piperidine rings is 1. The fraction of sp³-hybridized carbons (Fsp3) is 0.636. The van der Waals surface area contributed by atoms with E-state index in [9.17, 15) is 4.79 Å². The number of aromatic nitrogens is 1. The molecule has 0 aliphatic carbocycles. The third kappa shape index (κ3) is 3.17. The fourth-order valence-electron chi connectivity index (χ4n) is 2.04. The van der Waals surface area contributed by atoms with Gasteiger partial charge < -0.3 is 16.0 Å². The van der Waals surface area contributed by atoms with E-state index in [2.05, 4.69) is 22.1 Å². The second kappa shape index (κ2) is 5.46. The number of hydrogen-bond donors (Lipinski definition) is 2. The predicted molar refractivity (Wildman–Crippen MR) is 69.1 cm³/mol. The molecule has 0 radical (unpaired) electrons. The van der Waals surface area contributed by atoms with Crippen molar-refractivity contribution in [3.05, 3.63) is 11.1 Å². The van der Waals surface area contributed by atoms with Crippen LogP contribution < -0.4 is 11.1 Å². The van der Waals surface area contributed by atoms with Crippen LogP contribution in [0.15, 0.2) is 5.38 Å². The molecule has 0 unspecified atom stereocenters. The van der Waals surface area contributed by atoms with Gasteiger partial charge in [0, 0.05) is 24.5 Å². The minimum Gasteiger partial charge on any atom is -0.375 e. The van der Waals surface area contributed by atoms with E-state index < -0.39 is 0 Å². The van der Waals surface area contributed by atoms with E-state index in [0.717, 1.165) is 32.5 Å². The number of carbonyl (C=O) groups excluding carboxylic acids is 1. The first-order chi connectivity index (χ1) is 8.19. The Bertz CT molecular complexity index is 385. The van der Waals surface area contributed by atoms with Crippen molar-refractivity contribution >= 4 is 22.4 Å². The normalized spacial score (nSPS) is 18.2. The zero-order valence-corrected chi connectivity index (χ0v) is 10.8. The first-order valence-corrected chi connectivity index (χ1v) is 6.81. The monoisotopic (exact) mass is 254 g/mol. The highest BCUT2D eigenvalue weighted by Crippen LogP contribution is 2.13. The molecule has 2 rings (SSSR count). The van der Waals surface area contributed by atoms with Crippen LogP contribution in [0.2, 0.25) is 0 Å². The lowest BCUT2D eigenvalue weighted by molar-refractivity contribution is 0.0908. The number of amides is 1. The molecule has 6 heteroatoms. The molecule has 2 heterocycles. The Labute approximate surface area is 105 Å². The Balaban J connectivity index is 1.84. The number of anilines is 1. The molecular formula is C11H18N4OS. The molecule has 1 aromatic heterocycles. The van der Waals surface area contributed by atoms with Crippen LogP contribution in [0.1, 0.15) is 30.3 Å². The third-order valence-electron chi connectivity index (χ3n) is 3.12. The van der Waals surface area contributed by atoms with Gasteiger partial charge in [0.05, 0.1) is 0 Å². The molecule has 1 aliphatic rings. The summed E-state index contributed by atoms with van der Waals surface area (Å²) in [6.45, 7) is 5.36. The quantitative estimate of drug-likeness (QED) is 0.842. The Morgan fingerprint density at radius 2 is 2.35 bits per heavy atom. The molecule has 5 nitrogen and oxygen atoms in total. The number of carbonyl (C=O) groups is 1. The maximum Gasteiger partial charge on any atom is 0.271 e. The number of nitrogen functional groups attached to an aromatic ring is 1. The van der Waals surface area contributed by atoms with Crippen molar-refractivity contribution in [2.45, 2.75) is 25.8 Å². The van der Waals surface area contributed by atoms with Crippen molar-refractivity contribution in [1.29, 1.82) is 0 Å². The van der Waals surface area contributed by atoms with Crippen LogP contribution in [0, 0.1) is 0 Å². The summed E-state index contributed by atoms with van der Waals surface area (Å²) in [5.41, 5.74) is 5.94. The second-order valence-electron chi connectivity index (χ2n) is 4.25. The van der Waals surface area contributed by atoms with Crippen LogP contribution in [-0.2, 0) is 0 Å². The standard InChI is InChI=1S/C11H18N4OS/c1-2-15-5-3-8(4-6-15)13-10(16)9-7-17-11(12)14-9/h7-8H,2-6H2,1H3,(H2,12,14)(H,13,16). The Kier molecular flexibility index (Phi) is 3.96. The maximum absolute atomic E-state index is 11.8. The maximum atomic E-state index is 11.8. The van der Waals surface area contributed by atoms with E-state index in [1.54, 1.807) is 5.38 Å². The van der Waals surface area contributed by atoms with Crippen molar-refractivity contribution in [2.75, 3.05) is 25.4 Å². The van der Waals surface area contributed by atoms with E-state index >= 15 is 0 Å². The van der Waals surface area contributed by atoms with E-state index in [1.807, 2.05) is 0 Å². The number of nitrogens with zero attached hydrogens (tertiary/aromatic N) is 2. The molecule has 1 aromatic rings. The van der Waals surface area contributed by atoms with Gasteiger partial charge in [-0.3, -0.25) is 4.79 Å². The lowest BCUT2D eigenvalue weighted by atomic mass is 10.1. The van der Waals surface area contributed by atoms with Crippen LogP contribution >= 0.6 is 11.3 Å². The second-order valence-corrected chi connectivity index (χ2v) is 5.14. The first kappa shape index (κ1) is 12.3. The Morgan fingerprint density at radius 3 is 2.88 bits per heavy atom. The van der Waals surface area contributed by atoms with Gasteiger partial charge in [-0.15, -0.1) is 11.3 Å². The summed E-state index contributed by atoms with van der Waals surface area (Å²) in [6.07, 6.45) is 2.03. The summed E-state index contributed by atoms with van der Waals surface area (Å²) in [5, 5.41) is 5.16. The highest BCUT2D eigenvalue weighted by molar-refractivity contribution is 7.13. The van der Waals surface area contributed by atoms with E-state index in [1.165, 1.54) is 11.3 Å². The number of hydrogen-bond acceptors (Lipinski definition) is 5. The van der Waals surface area contributed by atoms with Crippen molar-refractivity contribution in [3.63, 3.8) is 0 Å². The number of likely N-dealkylation sites (tertiary alicyclic amines) is 1. The van der Waals surface area contributed by atoms with E-state index in [0.29, 0.717) is 10.8 Å². The predicted octanol–water partition coefficient (Wildman–Crippen LogP) is 0.939. The molecule has 3 N–H and O–H groups in total. The molecule has 0 bridgehead atoms. The van der Waals surface area contributed by atoms with Gasteiger partial charge in [-0.2, -0.15) is 0 Å². The zero-order valence-electron chi connectivity index (χ0n) is 9.98. The molecule has 0 spiro atoms. The molecule has 1 amide bonds. The lowest BCUT2D eigenvalue weighted by Crippen LogP contribution is -2.44. The lowest BCUT2D eigenvalue weighted by Gasteiger charge is -2.31. The molecule has 1 aliphatic heterocycles. The van der Waals surface area contributed by atoms with Gasteiger partial charge >= 0.3 is 0 Å². The average molecular weight is 254 g/mol. The van der Waals surface area contributed by atoms with Crippen molar-refractivity contribution in [1.82, 2.24) is 15.2 Å². The molecule has 0 aromatic carbocycles. The fourth-order valence-corrected chi connectivity index (χ4v) is 2.59. The summed E-state index contributed by atoms with van der Waals surface area (Å²) in [7, 11) is 0. The molecule has 0 saturated carbocycles. The van der Waals surface area contributed by atoms with Gasteiger partial charge in [0.15, 0.2) is 5.13 Å². The Hall–Kier alpha value is -1.14. The molecule has 0 atom stereocenters. The summed E-state index contributed by atoms with van der Waals surface area (Å²) < 4.78 is 0. The topological polar surface area (TPSA) is 71.2 Å². The highest BCUT2D eigenvalue weighted by Gasteiger charge is 2.20. The van der Waals surface area contributed by atoms with Gasteiger partial charge in [0.2, 0.25) is 0 Å². The smallest absolute Gasteiger partial charge is 0.271 e. The highest BCUT2D eigenvalue weighted by atomic mass is 32.1. The number of nitrogens with one attached hydrogen (secondary N) is 1. The SMILES string of the molecule is CCN1CCC(NC(=O)c2csc(N)n2)CC1. The van der Waals surface area contributed by atoms with Crippen LogP contribution in [-0.4, -0.2) is 41.5 Å². The summed E-state index contributed by atoms with van der Waals surface area (Å²) >= 11 is 1.30. The van der Waals surface area contributed by atoms with Gasteiger partial charge in [-0.25, -0.2) is 4.98 Å². The van der Waals surface area contributed by atoms with Crippen LogP contribution in [0.5, 0.6) is 0 Å². The minimum absolute atomic E-state index is 0.104. The van der Waals surface area contributed by atoms with E-state index in [-0.39, 0.29) is 11.9 Å². The van der Waals surface area contributed by atoms with Crippen LogP contribution in [0.4, 0.5) is 5.13 Å². The number of thiazole rings is 1. The van der Waals surface area contributed by atoms with Crippen LogP contribution in [0.25, 0.3) is 0 Å². The van der Waals surface area contributed by atoms with Gasteiger partial charge in [0.1, 0.15) is 5.69 Å². The minimum atomic E-state index is -0.104. The largest absolute Gasteiger partial charge is 0.375 e. The van der Waals surface area contributed by atoms with Gasteiger partial charge in [0.25, 0.3) is 5.91 Å². The molecule has 1 saturated heterocycles. The molecular weight excluding hydrogens is 236 g/mol. The Morgan fingerprint density at radius 1 is 1.65 bits per heavy atom. The van der Waals surface area contributed by atoms with Gasteiger partial charge in [-0.1, -0.05) is 6.92 Å². The summed E-state index contributed by atoms with van der Waals surface area (Å²) in [4.78, 5) is 18.2. The molecule has 17 heavy (non-hydrogen) atoms. The summed E-state index contributed by atoms with van der Waals surface area (Å²) in [6, 6.07) is 0.272. The van der Waals surface area contributed by atoms with E-state index in [4.69, 9.17) is 5.73 Å². The molecule has 1 fully saturated rings. The van der Waals surface area contributed by atoms with Crippen molar-refractivity contribution < 1.29 is 4.79 Å². The summed E-state index contributed by atoms with van der Waals surface area (Å²) in [5.74, 6) is -0.104. The number of rotatable bonds is 3. The van der Waals surface area contributed by atoms with Crippen LogP contribution in [0.3, 0.4) is 0 Å². The average Bonchev–Trinajstić information content (AvgIpc) is 2.77. The molecule has 94 valence electrons. The number of nitrogens with two attached hydrogens (primary N) is 1.